The van der Waals surface area contributed by atoms with Gasteiger partial charge in [-0.3, -0.25) is 9.78 Å². The molecule has 1 N–H and O–H groups in total. The smallest absolute Gasteiger partial charge is 0.234 e. The molecule has 1 amide bonds. The van der Waals surface area contributed by atoms with Crippen LogP contribution in [0.3, 0.4) is 0 Å². The monoisotopic (exact) mass is 353 g/mol. The Morgan fingerprint density at radius 2 is 2.12 bits per heavy atom. The summed E-state index contributed by atoms with van der Waals surface area (Å²) in [6, 6.07) is 11.7. The number of carbonyl (C=O) groups is 1. The Kier molecular flexibility index (Phi) is 5.45. The lowest BCUT2D eigenvalue weighted by molar-refractivity contribution is -0.113. The van der Waals surface area contributed by atoms with E-state index >= 15 is 0 Å². The summed E-state index contributed by atoms with van der Waals surface area (Å²) >= 11 is 1.36. The molecule has 0 saturated heterocycles. The van der Waals surface area contributed by atoms with Crippen LogP contribution in [0.2, 0.25) is 0 Å². The number of rotatable bonds is 6. The minimum atomic E-state index is -0.0656. The third-order valence-corrected chi connectivity index (χ3v) is 4.73. The number of aromatic nitrogens is 4. The van der Waals surface area contributed by atoms with Gasteiger partial charge in [0.15, 0.2) is 11.0 Å². The van der Waals surface area contributed by atoms with Gasteiger partial charge in [-0.15, -0.1) is 10.2 Å². The number of nitrogens with one attached hydrogen (secondary N) is 1. The summed E-state index contributed by atoms with van der Waals surface area (Å²) < 4.78 is 1.87. The van der Waals surface area contributed by atoms with Crippen molar-refractivity contribution < 1.29 is 4.79 Å². The molecule has 0 bridgehead atoms. The normalized spacial score (nSPS) is 10.6. The lowest BCUT2D eigenvalue weighted by Gasteiger charge is -2.07. The molecule has 0 aliphatic heterocycles. The first kappa shape index (κ1) is 17.2. The first-order chi connectivity index (χ1) is 12.2. The number of hydrogen-bond acceptors (Lipinski definition) is 5. The first-order valence-electron chi connectivity index (χ1n) is 7.98. The fraction of sp³-hybridized carbons (Fsp3) is 0.222. The minimum absolute atomic E-state index is 0.0656. The summed E-state index contributed by atoms with van der Waals surface area (Å²) in [5.74, 6) is 0.936. The van der Waals surface area contributed by atoms with E-state index in [1.54, 1.807) is 12.4 Å². The van der Waals surface area contributed by atoms with Crippen molar-refractivity contribution in [2.45, 2.75) is 18.5 Å². The van der Waals surface area contributed by atoms with E-state index in [9.17, 15) is 4.79 Å². The predicted octanol–water partition coefficient (Wildman–Crippen LogP) is 3.17. The van der Waals surface area contributed by atoms with Gasteiger partial charge in [0.1, 0.15) is 0 Å². The molecule has 0 atom stereocenters. The summed E-state index contributed by atoms with van der Waals surface area (Å²) in [5.41, 5.74) is 2.91. The third kappa shape index (κ3) is 4.24. The Morgan fingerprint density at radius 1 is 1.24 bits per heavy atom. The van der Waals surface area contributed by atoms with E-state index in [2.05, 4.69) is 27.4 Å². The van der Waals surface area contributed by atoms with E-state index in [0.29, 0.717) is 5.16 Å². The van der Waals surface area contributed by atoms with Crippen LogP contribution in [-0.4, -0.2) is 31.4 Å². The summed E-state index contributed by atoms with van der Waals surface area (Å²) in [6.07, 6.45) is 4.40. The molecule has 0 saturated carbocycles. The zero-order valence-corrected chi connectivity index (χ0v) is 15.0. The van der Waals surface area contributed by atoms with E-state index in [1.807, 2.05) is 48.0 Å². The molecule has 2 heterocycles. The Labute approximate surface area is 150 Å². The third-order valence-electron chi connectivity index (χ3n) is 3.71. The maximum absolute atomic E-state index is 12.2. The van der Waals surface area contributed by atoms with Gasteiger partial charge in [0.05, 0.1) is 5.75 Å². The summed E-state index contributed by atoms with van der Waals surface area (Å²) in [4.78, 5) is 16.3. The molecule has 0 radical (unpaired) electrons. The highest BCUT2D eigenvalue weighted by Crippen LogP contribution is 2.22. The van der Waals surface area contributed by atoms with Gasteiger partial charge < -0.3 is 9.88 Å². The second-order valence-corrected chi connectivity index (χ2v) is 6.44. The van der Waals surface area contributed by atoms with Crippen molar-refractivity contribution in [3.63, 3.8) is 0 Å². The van der Waals surface area contributed by atoms with Gasteiger partial charge in [0.2, 0.25) is 5.91 Å². The van der Waals surface area contributed by atoms with Crippen LogP contribution in [0.25, 0.3) is 11.4 Å². The number of nitrogens with zero attached hydrogens (tertiary/aromatic N) is 4. The molecule has 3 rings (SSSR count). The van der Waals surface area contributed by atoms with Crippen LogP contribution in [0.15, 0.2) is 53.9 Å². The molecule has 0 aliphatic rings. The fourth-order valence-electron chi connectivity index (χ4n) is 2.38. The van der Waals surface area contributed by atoms with E-state index < -0.39 is 0 Å². The lowest BCUT2D eigenvalue weighted by Crippen LogP contribution is -2.14. The van der Waals surface area contributed by atoms with Crippen LogP contribution in [0.1, 0.15) is 12.5 Å². The van der Waals surface area contributed by atoms with Gasteiger partial charge in [-0.05, 0) is 36.2 Å². The fourth-order valence-corrected chi connectivity index (χ4v) is 3.09. The van der Waals surface area contributed by atoms with Crippen LogP contribution >= 0.6 is 11.8 Å². The molecule has 25 heavy (non-hydrogen) atoms. The number of pyridine rings is 1. The molecule has 0 fully saturated rings. The standard InChI is InChI=1S/C18H19N5OS/c1-3-13-6-4-8-15(10-13)20-16(24)12-25-18-22-21-17(23(18)2)14-7-5-9-19-11-14/h4-11H,3,12H2,1-2H3,(H,20,24). The number of amides is 1. The Hall–Kier alpha value is -2.67. The van der Waals surface area contributed by atoms with Crippen LogP contribution in [0.5, 0.6) is 0 Å². The SMILES string of the molecule is CCc1cccc(NC(=O)CSc2nnc(-c3cccnc3)n2C)c1. The van der Waals surface area contributed by atoms with Gasteiger partial charge >= 0.3 is 0 Å². The van der Waals surface area contributed by atoms with Crippen molar-refractivity contribution in [1.29, 1.82) is 0 Å². The second kappa shape index (κ2) is 7.94. The van der Waals surface area contributed by atoms with Crippen molar-refractivity contribution in [2.24, 2.45) is 7.05 Å². The average Bonchev–Trinajstić information content (AvgIpc) is 3.01. The Bertz CT molecular complexity index is 863. The van der Waals surface area contributed by atoms with Crippen LogP contribution in [0.4, 0.5) is 5.69 Å². The molecular weight excluding hydrogens is 334 g/mol. The maximum atomic E-state index is 12.2. The molecule has 2 aromatic heterocycles. The number of aryl methyl sites for hydroxylation is 1. The molecule has 1 aromatic carbocycles. The first-order valence-corrected chi connectivity index (χ1v) is 8.97. The van der Waals surface area contributed by atoms with E-state index in [1.165, 1.54) is 17.3 Å². The molecule has 128 valence electrons. The lowest BCUT2D eigenvalue weighted by atomic mass is 10.1. The van der Waals surface area contributed by atoms with Gasteiger partial charge in [-0.25, -0.2) is 0 Å². The van der Waals surface area contributed by atoms with Gasteiger partial charge in [0.25, 0.3) is 0 Å². The van der Waals surface area contributed by atoms with Crippen LogP contribution in [-0.2, 0) is 18.3 Å². The average molecular weight is 353 g/mol. The topological polar surface area (TPSA) is 72.7 Å². The molecule has 0 unspecified atom stereocenters. The van der Waals surface area contributed by atoms with Crippen molar-refractivity contribution in [2.75, 3.05) is 11.1 Å². The van der Waals surface area contributed by atoms with E-state index in [0.717, 1.165) is 23.5 Å². The molecule has 6 nitrogen and oxygen atoms in total. The van der Waals surface area contributed by atoms with Crippen LogP contribution < -0.4 is 5.32 Å². The molecule has 0 aliphatic carbocycles. The summed E-state index contributed by atoms with van der Waals surface area (Å²) in [7, 11) is 1.88. The van der Waals surface area contributed by atoms with Crippen molar-refractivity contribution in [3.05, 3.63) is 54.4 Å². The Morgan fingerprint density at radius 3 is 2.88 bits per heavy atom. The highest BCUT2D eigenvalue weighted by atomic mass is 32.2. The number of hydrogen-bond donors (Lipinski definition) is 1. The zero-order chi connectivity index (χ0) is 17.6. The zero-order valence-electron chi connectivity index (χ0n) is 14.1. The van der Waals surface area contributed by atoms with Crippen molar-refractivity contribution >= 4 is 23.4 Å². The number of thioether (sulfide) groups is 1. The summed E-state index contributed by atoms with van der Waals surface area (Å²) in [6.45, 7) is 2.09. The van der Waals surface area contributed by atoms with Crippen LogP contribution in [0, 0.1) is 0 Å². The molecular formula is C18H19N5OS. The number of benzene rings is 1. The Balaban J connectivity index is 1.62. The van der Waals surface area contributed by atoms with Gasteiger partial charge in [-0.1, -0.05) is 30.8 Å². The van der Waals surface area contributed by atoms with Gasteiger partial charge in [0, 0.05) is 30.7 Å². The number of carbonyl (C=O) groups excluding carboxylic acids is 1. The predicted molar refractivity (Wildman–Crippen MR) is 99.4 cm³/mol. The summed E-state index contributed by atoms with van der Waals surface area (Å²) in [5, 5.41) is 12.0. The highest BCUT2D eigenvalue weighted by molar-refractivity contribution is 7.99. The van der Waals surface area contributed by atoms with E-state index in [-0.39, 0.29) is 11.7 Å². The maximum Gasteiger partial charge on any atom is 0.234 e. The van der Waals surface area contributed by atoms with Crippen molar-refractivity contribution in [3.8, 4) is 11.4 Å². The molecule has 0 spiro atoms. The number of anilines is 1. The highest BCUT2D eigenvalue weighted by Gasteiger charge is 2.13. The largest absolute Gasteiger partial charge is 0.325 e. The second-order valence-electron chi connectivity index (χ2n) is 5.50. The van der Waals surface area contributed by atoms with Gasteiger partial charge in [-0.2, -0.15) is 0 Å². The van der Waals surface area contributed by atoms with E-state index in [4.69, 9.17) is 0 Å². The molecule has 3 aromatic rings. The molecule has 7 heteroatoms. The van der Waals surface area contributed by atoms with Crippen molar-refractivity contribution in [1.82, 2.24) is 19.7 Å². The minimum Gasteiger partial charge on any atom is -0.325 e. The quantitative estimate of drug-likeness (QED) is 0.689.